The number of hydrogen-bond donors (Lipinski definition) is 0. The first kappa shape index (κ1) is 13.0. The van der Waals surface area contributed by atoms with Gasteiger partial charge in [0.1, 0.15) is 0 Å². The highest BCUT2D eigenvalue weighted by Crippen LogP contribution is 2.16. The summed E-state index contributed by atoms with van der Waals surface area (Å²) in [5.74, 6) is 1.40. The minimum Gasteiger partial charge on any atom is -0.378 e. The third kappa shape index (κ3) is 7.06. The Balaban J connectivity index is 3.67. The molecule has 80 valence electrons. The summed E-state index contributed by atoms with van der Waals surface area (Å²) in [7, 11) is 0. The van der Waals surface area contributed by atoms with Gasteiger partial charge in [-0.25, -0.2) is 0 Å². The van der Waals surface area contributed by atoms with Crippen LogP contribution in [0.3, 0.4) is 0 Å². The van der Waals surface area contributed by atoms with Gasteiger partial charge in [-0.2, -0.15) is 0 Å². The molecule has 1 nitrogen and oxygen atoms in total. The molecule has 0 saturated heterocycles. The quantitative estimate of drug-likeness (QED) is 0.548. The highest BCUT2D eigenvalue weighted by molar-refractivity contribution is 4.64. The summed E-state index contributed by atoms with van der Waals surface area (Å²) in [5.41, 5.74) is 0. The van der Waals surface area contributed by atoms with Gasteiger partial charge < -0.3 is 4.74 Å². The molecule has 0 radical (unpaired) electrons. The van der Waals surface area contributed by atoms with E-state index in [1.54, 1.807) is 0 Å². The molecular weight excluding hydrogens is 160 g/mol. The molecule has 1 unspecified atom stereocenters. The second-order valence-electron chi connectivity index (χ2n) is 4.64. The van der Waals surface area contributed by atoms with Gasteiger partial charge in [-0.05, 0) is 24.7 Å². The van der Waals surface area contributed by atoms with Gasteiger partial charge in [0, 0.05) is 6.61 Å². The molecule has 0 aliphatic carbocycles. The highest BCUT2D eigenvalue weighted by Gasteiger charge is 2.14. The number of ether oxygens (including phenoxy) is 1. The molecule has 1 heteroatoms. The van der Waals surface area contributed by atoms with Gasteiger partial charge in [0.25, 0.3) is 0 Å². The minimum atomic E-state index is 0.464. The molecule has 0 N–H and O–H groups in total. The van der Waals surface area contributed by atoms with Gasteiger partial charge >= 0.3 is 0 Å². The van der Waals surface area contributed by atoms with Gasteiger partial charge in [0.15, 0.2) is 0 Å². The van der Waals surface area contributed by atoms with Crippen LogP contribution in [-0.4, -0.2) is 12.7 Å². The fraction of sp³-hybridized carbons (Fsp3) is 1.00. The van der Waals surface area contributed by atoms with E-state index in [2.05, 4.69) is 34.6 Å². The van der Waals surface area contributed by atoms with E-state index in [9.17, 15) is 0 Å². The van der Waals surface area contributed by atoms with Crippen molar-refractivity contribution < 1.29 is 4.74 Å². The van der Waals surface area contributed by atoms with Crippen LogP contribution in [0.2, 0.25) is 0 Å². The molecule has 0 aromatic heterocycles. The van der Waals surface area contributed by atoms with Crippen molar-refractivity contribution in [3.63, 3.8) is 0 Å². The maximum atomic E-state index is 5.85. The number of rotatable bonds is 7. The van der Waals surface area contributed by atoms with Crippen LogP contribution >= 0.6 is 0 Å². The zero-order chi connectivity index (χ0) is 10.3. The molecule has 0 aliphatic rings. The van der Waals surface area contributed by atoms with Crippen LogP contribution in [0.1, 0.15) is 53.9 Å². The first-order valence-corrected chi connectivity index (χ1v) is 5.69. The smallest absolute Gasteiger partial charge is 0.0600 e. The first-order chi connectivity index (χ1) is 6.07. The minimum absolute atomic E-state index is 0.464. The van der Waals surface area contributed by atoms with Crippen molar-refractivity contribution >= 4 is 0 Å². The van der Waals surface area contributed by atoms with Crippen LogP contribution in [0.25, 0.3) is 0 Å². The predicted molar refractivity (Wildman–Crippen MR) is 58.9 cm³/mol. The topological polar surface area (TPSA) is 9.23 Å². The lowest BCUT2D eigenvalue weighted by Crippen LogP contribution is -2.22. The summed E-state index contributed by atoms with van der Waals surface area (Å²) in [6.45, 7) is 12.2. The van der Waals surface area contributed by atoms with E-state index < -0.39 is 0 Å². The van der Waals surface area contributed by atoms with Crippen molar-refractivity contribution in [2.45, 2.75) is 60.0 Å². The molecule has 0 bridgehead atoms. The molecule has 0 heterocycles. The lowest BCUT2D eigenvalue weighted by atomic mass is 9.97. The second kappa shape index (κ2) is 7.37. The lowest BCUT2D eigenvalue weighted by molar-refractivity contribution is 0.00770. The fourth-order valence-corrected chi connectivity index (χ4v) is 1.38. The zero-order valence-electron chi connectivity index (χ0n) is 9.97. The monoisotopic (exact) mass is 186 g/mol. The average molecular weight is 186 g/mol. The van der Waals surface area contributed by atoms with E-state index in [4.69, 9.17) is 4.74 Å². The molecule has 1 atom stereocenters. The van der Waals surface area contributed by atoms with Crippen molar-refractivity contribution in [1.82, 2.24) is 0 Å². The fourth-order valence-electron chi connectivity index (χ4n) is 1.38. The van der Waals surface area contributed by atoms with E-state index in [1.165, 1.54) is 19.3 Å². The van der Waals surface area contributed by atoms with Crippen molar-refractivity contribution in [3.8, 4) is 0 Å². The SMILES string of the molecule is CCCCOC(CC(C)C)C(C)C. The highest BCUT2D eigenvalue weighted by atomic mass is 16.5. The molecular formula is C12H26O. The average Bonchev–Trinajstić information content (AvgIpc) is 2.02. The van der Waals surface area contributed by atoms with Gasteiger partial charge in [-0.15, -0.1) is 0 Å². The molecule has 0 spiro atoms. The largest absolute Gasteiger partial charge is 0.378 e. The molecule has 0 amide bonds. The zero-order valence-corrected chi connectivity index (χ0v) is 9.97. The maximum absolute atomic E-state index is 5.85. The van der Waals surface area contributed by atoms with Crippen LogP contribution < -0.4 is 0 Å². The molecule has 13 heavy (non-hydrogen) atoms. The van der Waals surface area contributed by atoms with Crippen molar-refractivity contribution in [2.75, 3.05) is 6.61 Å². The van der Waals surface area contributed by atoms with Crippen molar-refractivity contribution in [1.29, 1.82) is 0 Å². The maximum Gasteiger partial charge on any atom is 0.0600 e. The Morgan fingerprint density at radius 3 is 2.08 bits per heavy atom. The molecule has 0 rings (SSSR count). The summed E-state index contributed by atoms with van der Waals surface area (Å²) in [6.07, 6.45) is 4.08. The van der Waals surface area contributed by atoms with E-state index >= 15 is 0 Å². The van der Waals surface area contributed by atoms with Crippen molar-refractivity contribution in [3.05, 3.63) is 0 Å². The molecule has 0 aliphatic heterocycles. The van der Waals surface area contributed by atoms with Gasteiger partial charge in [-0.3, -0.25) is 0 Å². The Kier molecular flexibility index (Phi) is 7.35. The lowest BCUT2D eigenvalue weighted by Gasteiger charge is -2.23. The number of unbranched alkanes of at least 4 members (excludes halogenated alkanes) is 1. The van der Waals surface area contributed by atoms with Crippen LogP contribution in [0, 0.1) is 11.8 Å². The van der Waals surface area contributed by atoms with Gasteiger partial charge in [0.2, 0.25) is 0 Å². The summed E-state index contributed by atoms with van der Waals surface area (Å²) in [5, 5.41) is 0. The van der Waals surface area contributed by atoms with Crippen molar-refractivity contribution in [2.24, 2.45) is 11.8 Å². The molecule has 0 aromatic rings. The normalized spacial score (nSPS) is 14.1. The van der Waals surface area contributed by atoms with E-state index in [-0.39, 0.29) is 0 Å². The van der Waals surface area contributed by atoms with E-state index in [1.807, 2.05) is 0 Å². The Hall–Kier alpha value is -0.0400. The van der Waals surface area contributed by atoms with Gasteiger partial charge in [-0.1, -0.05) is 41.0 Å². The third-order valence-electron chi connectivity index (χ3n) is 2.28. The molecule has 0 aromatic carbocycles. The van der Waals surface area contributed by atoms with E-state index in [0.29, 0.717) is 12.0 Å². The summed E-state index contributed by atoms with van der Waals surface area (Å²) in [6, 6.07) is 0. The standard InChI is InChI=1S/C12H26O/c1-6-7-8-13-12(11(4)5)9-10(2)3/h10-12H,6-9H2,1-5H3. The van der Waals surface area contributed by atoms with E-state index in [0.717, 1.165) is 12.5 Å². The predicted octanol–water partition coefficient (Wildman–Crippen LogP) is 3.87. The van der Waals surface area contributed by atoms with Crippen LogP contribution in [-0.2, 0) is 4.74 Å². The molecule has 0 fully saturated rings. The number of hydrogen-bond acceptors (Lipinski definition) is 1. The van der Waals surface area contributed by atoms with Crippen LogP contribution in [0.4, 0.5) is 0 Å². The van der Waals surface area contributed by atoms with Crippen LogP contribution in [0.5, 0.6) is 0 Å². The molecule has 0 saturated carbocycles. The summed E-state index contributed by atoms with van der Waals surface area (Å²) < 4.78 is 5.85. The Morgan fingerprint density at radius 2 is 1.69 bits per heavy atom. The third-order valence-corrected chi connectivity index (χ3v) is 2.28. The Bertz CT molecular complexity index is 108. The summed E-state index contributed by atoms with van der Waals surface area (Å²) in [4.78, 5) is 0. The second-order valence-corrected chi connectivity index (χ2v) is 4.64. The Morgan fingerprint density at radius 1 is 1.08 bits per heavy atom. The first-order valence-electron chi connectivity index (χ1n) is 5.69. The summed E-state index contributed by atoms with van der Waals surface area (Å²) >= 11 is 0. The van der Waals surface area contributed by atoms with Crippen LogP contribution in [0.15, 0.2) is 0 Å². The van der Waals surface area contributed by atoms with Gasteiger partial charge in [0.05, 0.1) is 6.10 Å². The Labute approximate surface area is 83.9 Å².